The Morgan fingerprint density at radius 2 is 1.77 bits per heavy atom. The van der Waals surface area contributed by atoms with Crippen molar-refractivity contribution in [3.05, 3.63) is 35.9 Å². The molecule has 1 unspecified atom stereocenters. The van der Waals surface area contributed by atoms with Crippen LogP contribution in [0.3, 0.4) is 0 Å². The molecule has 0 fully saturated rings. The smallest absolute Gasteiger partial charge is 0.0184 e. The van der Waals surface area contributed by atoms with Crippen LogP contribution in [-0.2, 0) is 6.42 Å². The van der Waals surface area contributed by atoms with Gasteiger partial charge in [0.05, 0.1) is 0 Å². The molecule has 0 aliphatic rings. The van der Waals surface area contributed by atoms with Gasteiger partial charge >= 0.3 is 0 Å². The number of hydrogen-bond acceptors (Lipinski definition) is 0. The molecule has 1 aromatic carbocycles. The summed E-state index contributed by atoms with van der Waals surface area (Å²) < 4.78 is 0. The molecule has 0 saturated carbocycles. The van der Waals surface area contributed by atoms with Crippen molar-refractivity contribution in [2.75, 3.05) is 0 Å². The summed E-state index contributed by atoms with van der Waals surface area (Å²) in [5, 5.41) is 0. The van der Waals surface area contributed by atoms with E-state index < -0.39 is 0 Å². The van der Waals surface area contributed by atoms with Crippen molar-refractivity contribution in [3.8, 4) is 0 Å². The third-order valence-corrected chi connectivity index (χ3v) is 27.9. The van der Waals surface area contributed by atoms with E-state index in [0.29, 0.717) is 0 Å². The van der Waals surface area contributed by atoms with Gasteiger partial charge in [-0.1, -0.05) is 49.5 Å². The van der Waals surface area contributed by atoms with Crippen LogP contribution in [0.4, 0.5) is 0 Å². The van der Waals surface area contributed by atoms with Gasteiger partial charge in [-0.05, 0) is 21.7 Å². The van der Waals surface area contributed by atoms with Gasteiger partial charge in [0.25, 0.3) is 0 Å². The summed E-state index contributed by atoms with van der Waals surface area (Å²) in [5.74, 6) is 0. The maximum Gasteiger partial charge on any atom is 0.0184 e. The Kier molecular flexibility index (Phi) is 4.69. The molecule has 0 saturated heterocycles. The fraction of sp³-hybridized carbons (Fsp3) is 0.400. The van der Waals surface area contributed by atoms with Crippen LogP contribution < -0.4 is 0 Å². The van der Waals surface area contributed by atoms with Gasteiger partial charge in [-0.2, -0.15) is 0 Å². The summed E-state index contributed by atoms with van der Waals surface area (Å²) in [6.07, 6.45) is 1.35. The molecule has 13 heavy (non-hydrogen) atoms. The molecule has 0 heterocycles. The highest BCUT2D eigenvalue weighted by atomic mass is 29.6. The van der Waals surface area contributed by atoms with Crippen molar-refractivity contribution in [1.29, 1.82) is 0 Å². The Morgan fingerprint density at radius 1 is 1.15 bits per heavy atom. The topological polar surface area (TPSA) is 0 Å². The Morgan fingerprint density at radius 3 is 2.31 bits per heavy atom. The summed E-state index contributed by atoms with van der Waals surface area (Å²) in [4.78, 5) is 0. The first-order valence-electron chi connectivity index (χ1n) is 5.24. The maximum absolute atomic E-state index is 2.54. The predicted molar refractivity (Wildman–Crippen MR) is 70.9 cm³/mol. The molecular weight excluding hydrogens is 204 g/mol. The fourth-order valence-corrected chi connectivity index (χ4v) is 6.19. The molecule has 0 amide bonds. The fourth-order valence-electron chi connectivity index (χ4n) is 1.37. The Labute approximate surface area is 87.6 Å². The molecular formula is C10H20Si3. The third kappa shape index (κ3) is 4.06. The van der Waals surface area contributed by atoms with Crippen molar-refractivity contribution in [3.63, 3.8) is 0 Å². The monoisotopic (exact) mass is 224 g/mol. The van der Waals surface area contributed by atoms with Crippen LogP contribution in [0.2, 0.25) is 19.1 Å². The molecule has 1 aromatic rings. The van der Waals surface area contributed by atoms with Crippen molar-refractivity contribution in [1.82, 2.24) is 0 Å². The molecule has 0 nitrogen and oxygen atoms in total. The molecule has 0 aliphatic carbocycles. The zero-order valence-electron chi connectivity index (χ0n) is 8.96. The molecule has 0 spiro atoms. The summed E-state index contributed by atoms with van der Waals surface area (Å²) in [7, 11) is 1.16. The maximum atomic E-state index is 2.54. The minimum atomic E-state index is -0.205. The van der Waals surface area contributed by atoms with Crippen molar-refractivity contribution < 1.29 is 0 Å². The molecule has 1 atom stereocenters. The minimum Gasteiger partial charge on any atom is -0.0745 e. The van der Waals surface area contributed by atoms with Crippen LogP contribution in [0.15, 0.2) is 30.3 Å². The lowest BCUT2D eigenvalue weighted by Gasteiger charge is -2.12. The zero-order valence-corrected chi connectivity index (χ0v) is 13.3. The number of benzene rings is 1. The van der Waals surface area contributed by atoms with E-state index in [0.717, 1.165) is 0 Å². The third-order valence-electron chi connectivity index (χ3n) is 2.87. The highest BCUT2D eigenvalue weighted by molar-refractivity contribution is 7.40. The van der Waals surface area contributed by atoms with Gasteiger partial charge in [0.2, 0.25) is 0 Å². The molecule has 0 N–H and O–H groups in total. The van der Waals surface area contributed by atoms with Gasteiger partial charge in [0.1, 0.15) is 0 Å². The van der Waals surface area contributed by atoms with Gasteiger partial charge in [0, 0.05) is 16.1 Å². The van der Waals surface area contributed by atoms with E-state index in [1.165, 1.54) is 16.2 Å². The summed E-state index contributed by atoms with van der Waals surface area (Å²) in [6.45, 7) is 5.07. The van der Waals surface area contributed by atoms with E-state index in [4.69, 9.17) is 0 Å². The van der Waals surface area contributed by atoms with Crippen LogP contribution in [0.5, 0.6) is 0 Å². The van der Waals surface area contributed by atoms with Gasteiger partial charge in [-0.3, -0.25) is 0 Å². The molecule has 0 radical (unpaired) electrons. The zero-order chi connectivity index (χ0) is 9.68. The van der Waals surface area contributed by atoms with E-state index >= 15 is 0 Å². The first-order valence-corrected chi connectivity index (χ1v) is 15.6. The van der Waals surface area contributed by atoms with Crippen molar-refractivity contribution in [2.24, 2.45) is 0 Å². The summed E-state index contributed by atoms with van der Waals surface area (Å²) in [5.41, 5.74) is 1.55. The second-order valence-corrected chi connectivity index (χ2v) is 25.1. The second kappa shape index (κ2) is 5.57. The highest BCUT2D eigenvalue weighted by Crippen LogP contribution is 2.05. The number of rotatable bonds is 4. The quantitative estimate of drug-likeness (QED) is 0.666. The van der Waals surface area contributed by atoms with Gasteiger partial charge < -0.3 is 0 Å². The first kappa shape index (κ1) is 10.9. The average molecular weight is 225 g/mol. The lowest BCUT2D eigenvalue weighted by molar-refractivity contribution is 1.13. The highest BCUT2D eigenvalue weighted by Gasteiger charge is 2.09. The molecule has 0 bridgehead atoms. The van der Waals surface area contributed by atoms with E-state index in [1.54, 1.807) is 11.6 Å². The minimum absolute atomic E-state index is 0.167. The van der Waals surface area contributed by atoms with Crippen LogP contribution in [0, 0.1) is 0 Å². The normalized spacial score (nSPS) is 13.5. The Bertz CT molecular complexity index is 233. The van der Waals surface area contributed by atoms with Crippen molar-refractivity contribution >= 4 is 25.9 Å². The first-order chi connectivity index (χ1) is 6.20. The van der Waals surface area contributed by atoms with Crippen LogP contribution >= 0.6 is 0 Å². The SMILES string of the molecule is C[SiH](C)[SiH]([SiH3])CCc1ccccc1. The van der Waals surface area contributed by atoms with Crippen LogP contribution in [-0.4, -0.2) is 25.9 Å². The average Bonchev–Trinajstić information content (AvgIpc) is 2.15. The van der Waals surface area contributed by atoms with E-state index in [-0.39, 0.29) is 16.1 Å². The van der Waals surface area contributed by atoms with E-state index in [2.05, 4.69) is 43.4 Å². The lowest BCUT2D eigenvalue weighted by Crippen LogP contribution is -2.30. The standard InChI is InChI=1S/C10H20Si3/c1-12(2)13(11)9-8-10-6-4-3-5-7-10/h3-7,12-13H,8-9H2,1-2,11H3. The largest absolute Gasteiger partial charge is 0.0745 e. The lowest BCUT2D eigenvalue weighted by atomic mass is 10.2. The predicted octanol–water partition coefficient (Wildman–Crippen LogP) is 0.883. The number of hydrogen-bond donors (Lipinski definition) is 0. The molecule has 0 aliphatic heterocycles. The Balaban J connectivity index is 2.35. The van der Waals surface area contributed by atoms with E-state index in [1.807, 2.05) is 0 Å². The van der Waals surface area contributed by atoms with Crippen LogP contribution in [0.1, 0.15) is 5.56 Å². The van der Waals surface area contributed by atoms with Crippen LogP contribution in [0.25, 0.3) is 0 Å². The molecule has 0 aromatic heterocycles. The Hall–Kier alpha value is -0.129. The van der Waals surface area contributed by atoms with Gasteiger partial charge in [-0.25, -0.2) is 0 Å². The van der Waals surface area contributed by atoms with Gasteiger partial charge in [-0.15, -0.1) is 0 Å². The molecule has 1 rings (SSSR count). The molecule has 3 heteroatoms. The van der Waals surface area contributed by atoms with Crippen molar-refractivity contribution in [2.45, 2.75) is 25.6 Å². The van der Waals surface area contributed by atoms with E-state index in [9.17, 15) is 0 Å². The van der Waals surface area contributed by atoms with Gasteiger partial charge in [0.15, 0.2) is 0 Å². The molecule has 72 valence electrons. The second-order valence-electron chi connectivity index (χ2n) is 4.25. The summed E-state index contributed by atoms with van der Waals surface area (Å²) in [6, 6.07) is 12.5. The number of aryl methyl sites for hydroxylation is 1. The summed E-state index contributed by atoms with van der Waals surface area (Å²) >= 11 is 0.